The summed E-state index contributed by atoms with van der Waals surface area (Å²) in [7, 11) is 0.294. The molecule has 3 heteroatoms. The zero-order chi connectivity index (χ0) is 8.55. The van der Waals surface area contributed by atoms with Gasteiger partial charge in [0.15, 0.2) is 0 Å². The van der Waals surface area contributed by atoms with Crippen molar-refractivity contribution in [2.24, 2.45) is 0 Å². The smallest absolute Gasteiger partial charge is 0.315 e. The molecule has 2 aromatic rings. The highest BCUT2D eigenvalue weighted by Crippen LogP contribution is 2.19. The van der Waals surface area contributed by atoms with Gasteiger partial charge in [-0.3, -0.25) is 0 Å². The highest BCUT2D eigenvalue weighted by Gasteiger charge is 2.02. The van der Waals surface area contributed by atoms with Crippen molar-refractivity contribution in [1.29, 1.82) is 0 Å². The average Bonchev–Trinajstić information content (AvgIpc) is 2.44. The second kappa shape index (κ2) is 2.96. The Balaban J connectivity index is 2.82. The van der Waals surface area contributed by atoms with Gasteiger partial charge in [-0.15, -0.1) is 11.1 Å². The molecule has 0 N–H and O–H groups in total. The van der Waals surface area contributed by atoms with Gasteiger partial charge >= 0.3 is 8.99 Å². The normalized spacial score (nSPS) is 10.8. The van der Waals surface area contributed by atoms with Crippen LogP contribution in [0.5, 0.6) is 0 Å². The molecule has 0 amide bonds. The van der Waals surface area contributed by atoms with Crippen molar-refractivity contribution in [3.63, 3.8) is 0 Å². The lowest BCUT2D eigenvalue weighted by Crippen LogP contribution is -1.95. The van der Waals surface area contributed by atoms with E-state index in [0.717, 1.165) is 0 Å². The fourth-order valence-electron chi connectivity index (χ4n) is 1.42. The number of halogens is 1. The van der Waals surface area contributed by atoms with Crippen LogP contribution in [0.1, 0.15) is 5.56 Å². The van der Waals surface area contributed by atoms with Crippen molar-refractivity contribution in [2.45, 2.75) is 6.92 Å². The number of nitrogens with zero attached hydrogens (tertiary/aromatic N) is 1. The second-order valence-electron chi connectivity index (χ2n) is 2.78. The van der Waals surface area contributed by atoms with E-state index >= 15 is 0 Å². The second-order valence-corrected chi connectivity index (χ2v) is 3.94. The van der Waals surface area contributed by atoms with Crippen molar-refractivity contribution in [1.82, 2.24) is 4.23 Å². The summed E-state index contributed by atoms with van der Waals surface area (Å²) in [5.74, 6) is 0. The zero-order valence-electron chi connectivity index (χ0n) is 6.71. The topological polar surface area (TPSA) is 4.93 Å². The van der Waals surface area contributed by atoms with E-state index in [9.17, 15) is 0 Å². The fraction of sp³-hybridized carbons (Fsp3) is 0.111. The third-order valence-electron chi connectivity index (χ3n) is 2.00. The van der Waals surface area contributed by atoms with Gasteiger partial charge in [-0.05, 0) is 24.8 Å². The molecule has 60 valence electrons. The van der Waals surface area contributed by atoms with Gasteiger partial charge < -0.3 is 4.23 Å². The van der Waals surface area contributed by atoms with Gasteiger partial charge in [0.1, 0.15) is 0 Å². The molecule has 0 unspecified atom stereocenters. The first-order valence-corrected chi connectivity index (χ1v) is 5.72. The van der Waals surface area contributed by atoms with Crippen LogP contribution in [0, 0.1) is 6.92 Å². The standard InChI is InChI=1S/C9H8ClNSi/c1-7-6-11(12-10)9-5-3-2-4-8(7)9/h2-6H,1H3. The third-order valence-corrected chi connectivity index (χ3v) is 3.10. The van der Waals surface area contributed by atoms with Crippen LogP contribution in [-0.2, 0) is 0 Å². The lowest BCUT2D eigenvalue weighted by molar-refractivity contribution is 1.29. The van der Waals surface area contributed by atoms with E-state index in [-0.39, 0.29) is 0 Å². The number of hydrogen-bond acceptors (Lipinski definition) is 0. The number of rotatable bonds is 1. The van der Waals surface area contributed by atoms with Crippen molar-refractivity contribution in [3.8, 4) is 0 Å². The number of para-hydroxylation sites is 1. The minimum absolute atomic E-state index is 0.294. The van der Waals surface area contributed by atoms with Crippen LogP contribution in [0.15, 0.2) is 30.5 Å². The summed E-state index contributed by atoms with van der Waals surface area (Å²) in [6, 6.07) is 8.31. The number of hydrogen-bond donors (Lipinski definition) is 0. The maximum atomic E-state index is 5.81. The molecular weight excluding hydrogens is 186 g/mol. The molecule has 1 nitrogen and oxygen atoms in total. The summed E-state index contributed by atoms with van der Waals surface area (Å²) in [4.78, 5) is 0. The Morgan fingerprint density at radius 3 is 2.83 bits per heavy atom. The largest absolute Gasteiger partial charge is 0.360 e. The summed E-state index contributed by atoms with van der Waals surface area (Å²) >= 11 is 5.81. The molecule has 1 heterocycles. The predicted octanol–water partition coefficient (Wildman–Crippen LogP) is 2.57. The summed E-state index contributed by atoms with van der Waals surface area (Å²) in [5, 5.41) is 1.30. The third kappa shape index (κ3) is 1.08. The van der Waals surface area contributed by atoms with E-state index in [1.807, 2.05) is 6.07 Å². The number of aryl methyl sites for hydroxylation is 1. The molecule has 0 aliphatic heterocycles. The highest BCUT2D eigenvalue weighted by molar-refractivity contribution is 6.93. The molecule has 0 aliphatic rings. The van der Waals surface area contributed by atoms with E-state index in [2.05, 4.69) is 35.6 Å². The van der Waals surface area contributed by atoms with Crippen LogP contribution in [-0.4, -0.2) is 13.2 Å². The first-order valence-electron chi connectivity index (χ1n) is 3.76. The minimum atomic E-state index is 0.294. The Morgan fingerprint density at radius 2 is 2.08 bits per heavy atom. The molecule has 0 fully saturated rings. The highest BCUT2D eigenvalue weighted by atomic mass is 35.6. The lowest BCUT2D eigenvalue weighted by atomic mass is 10.2. The Hall–Kier alpha value is -0.733. The van der Waals surface area contributed by atoms with Gasteiger partial charge in [0.05, 0.1) is 0 Å². The molecule has 0 atom stereocenters. The molecule has 0 spiro atoms. The maximum Gasteiger partial charge on any atom is 0.315 e. The molecule has 0 saturated carbocycles. The van der Waals surface area contributed by atoms with E-state index < -0.39 is 0 Å². The lowest BCUT2D eigenvalue weighted by Gasteiger charge is -1.95. The van der Waals surface area contributed by atoms with Gasteiger partial charge in [0.2, 0.25) is 0 Å². The number of benzene rings is 1. The van der Waals surface area contributed by atoms with Crippen molar-refractivity contribution >= 4 is 31.0 Å². The quantitative estimate of drug-likeness (QED) is 0.485. The molecule has 0 bridgehead atoms. The maximum absolute atomic E-state index is 5.81. The van der Waals surface area contributed by atoms with Crippen LogP contribution in [0.25, 0.3) is 10.9 Å². The Bertz CT molecular complexity index is 408. The molecule has 2 rings (SSSR count). The Labute approximate surface area is 78.6 Å². The molecule has 1 aromatic heterocycles. The van der Waals surface area contributed by atoms with Gasteiger partial charge in [-0.1, -0.05) is 18.2 Å². The monoisotopic (exact) mass is 193 g/mol. The first-order chi connectivity index (χ1) is 5.83. The zero-order valence-corrected chi connectivity index (χ0v) is 8.47. The van der Waals surface area contributed by atoms with E-state index in [1.54, 1.807) is 0 Å². The SMILES string of the molecule is Cc1cn([Si]Cl)c2ccccc12. The van der Waals surface area contributed by atoms with Gasteiger partial charge in [0, 0.05) is 10.9 Å². The molecule has 0 saturated heterocycles. The molecule has 12 heavy (non-hydrogen) atoms. The summed E-state index contributed by atoms with van der Waals surface area (Å²) in [6.07, 6.45) is 2.09. The molecular formula is C9H8ClNSi. The van der Waals surface area contributed by atoms with Crippen LogP contribution in [0.3, 0.4) is 0 Å². The number of aromatic nitrogens is 1. The fourth-order valence-corrected chi connectivity index (χ4v) is 2.37. The molecule has 1 aromatic carbocycles. The minimum Gasteiger partial charge on any atom is -0.360 e. The van der Waals surface area contributed by atoms with E-state index in [1.165, 1.54) is 16.5 Å². The van der Waals surface area contributed by atoms with Crippen LogP contribution in [0.4, 0.5) is 0 Å². The van der Waals surface area contributed by atoms with Gasteiger partial charge in [-0.25, -0.2) is 0 Å². The first kappa shape index (κ1) is 7.89. The van der Waals surface area contributed by atoms with Crippen LogP contribution in [0.2, 0.25) is 0 Å². The van der Waals surface area contributed by atoms with Crippen LogP contribution < -0.4 is 0 Å². The van der Waals surface area contributed by atoms with Crippen molar-refractivity contribution < 1.29 is 0 Å². The van der Waals surface area contributed by atoms with Crippen molar-refractivity contribution in [2.75, 3.05) is 0 Å². The van der Waals surface area contributed by atoms with Crippen LogP contribution >= 0.6 is 11.1 Å². The predicted molar refractivity (Wildman–Crippen MR) is 53.7 cm³/mol. The summed E-state index contributed by atoms with van der Waals surface area (Å²) in [6.45, 7) is 2.11. The van der Waals surface area contributed by atoms with E-state index in [4.69, 9.17) is 11.1 Å². The number of fused-ring (bicyclic) bond motifs is 1. The Morgan fingerprint density at radius 1 is 1.33 bits per heavy atom. The van der Waals surface area contributed by atoms with E-state index in [0.29, 0.717) is 8.99 Å². The van der Waals surface area contributed by atoms with Gasteiger partial charge in [0.25, 0.3) is 0 Å². The molecule has 0 aliphatic carbocycles. The summed E-state index contributed by atoms with van der Waals surface area (Å²) in [5.41, 5.74) is 2.52. The molecule has 2 radical (unpaired) electrons. The average molecular weight is 194 g/mol. The van der Waals surface area contributed by atoms with Gasteiger partial charge in [-0.2, -0.15) is 0 Å². The Kier molecular flexibility index (Phi) is 1.94. The summed E-state index contributed by atoms with van der Waals surface area (Å²) < 4.78 is 2.08. The van der Waals surface area contributed by atoms with Crippen molar-refractivity contribution in [3.05, 3.63) is 36.0 Å².